The lowest BCUT2D eigenvalue weighted by Gasteiger charge is -2.15. The van der Waals surface area contributed by atoms with E-state index in [4.69, 9.17) is 0 Å². The van der Waals surface area contributed by atoms with Crippen molar-refractivity contribution in [2.45, 2.75) is 31.1 Å². The zero-order valence-corrected chi connectivity index (χ0v) is 9.88. The van der Waals surface area contributed by atoms with Crippen LogP contribution < -0.4 is 5.32 Å². The minimum atomic E-state index is -0.304. The Labute approximate surface area is 92.1 Å². The van der Waals surface area contributed by atoms with E-state index < -0.39 is 0 Å². The van der Waals surface area contributed by atoms with Gasteiger partial charge in [0, 0.05) is 17.1 Å². The molecule has 0 spiro atoms. The van der Waals surface area contributed by atoms with Crippen LogP contribution in [0.5, 0.6) is 0 Å². The number of alkyl halides is 1. The van der Waals surface area contributed by atoms with Crippen LogP contribution in [0.15, 0.2) is 18.3 Å². The SMILES string of the molecule is CC(Br)CC(C)Nc1ncccc1F. The van der Waals surface area contributed by atoms with Gasteiger partial charge in [-0.05, 0) is 25.5 Å². The van der Waals surface area contributed by atoms with Crippen LogP contribution in [0.25, 0.3) is 0 Å². The van der Waals surface area contributed by atoms with E-state index in [2.05, 4.69) is 33.2 Å². The van der Waals surface area contributed by atoms with Crippen LogP contribution in [0.1, 0.15) is 20.3 Å². The fraction of sp³-hybridized carbons (Fsp3) is 0.500. The maximum Gasteiger partial charge on any atom is 0.165 e. The van der Waals surface area contributed by atoms with Gasteiger partial charge in [0.15, 0.2) is 11.6 Å². The number of hydrogen-bond donors (Lipinski definition) is 1. The molecule has 0 amide bonds. The first-order valence-corrected chi connectivity index (χ1v) is 5.52. The molecule has 0 saturated carbocycles. The van der Waals surface area contributed by atoms with Crippen molar-refractivity contribution >= 4 is 21.7 Å². The quantitative estimate of drug-likeness (QED) is 0.842. The third kappa shape index (κ3) is 3.62. The molecule has 2 unspecified atom stereocenters. The predicted molar refractivity (Wildman–Crippen MR) is 60.3 cm³/mol. The topological polar surface area (TPSA) is 24.9 Å². The zero-order valence-electron chi connectivity index (χ0n) is 8.30. The van der Waals surface area contributed by atoms with E-state index in [1.807, 2.05) is 6.92 Å². The lowest BCUT2D eigenvalue weighted by molar-refractivity contribution is 0.615. The second-order valence-corrected chi connectivity index (χ2v) is 4.96. The monoisotopic (exact) mass is 260 g/mol. The molecule has 1 aromatic rings. The Hall–Kier alpha value is -0.640. The summed E-state index contributed by atoms with van der Waals surface area (Å²) in [5.41, 5.74) is 0. The van der Waals surface area contributed by atoms with Crippen molar-refractivity contribution in [3.05, 3.63) is 24.1 Å². The molecular weight excluding hydrogens is 247 g/mol. The van der Waals surface area contributed by atoms with Crippen molar-refractivity contribution in [2.75, 3.05) is 5.32 Å². The number of anilines is 1. The van der Waals surface area contributed by atoms with E-state index in [1.165, 1.54) is 6.07 Å². The lowest BCUT2D eigenvalue weighted by atomic mass is 10.2. The lowest BCUT2D eigenvalue weighted by Crippen LogP contribution is -2.19. The summed E-state index contributed by atoms with van der Waals surface area (Å²) >= 11 is 3.45. The van der Waals surface area contributed by atoms with Crippen molar-refractivity contribution < 1.29 is 4.39 Å². The van der Waals surface area contributed by atoms with Crippen molar-refractivity contribution in [3.63, 3.8) is 0 Å². The van der Waals surface area contributed by atoms with E-state index >= 15 is 0 Å². The van der Waals surface area contributed by atoms with Crippen molar-refractivity contribution in [1.82, 2.24) is 4.98 Å². The van der Waals surface area contributed by atoms with E-state index in [-0.39, 0.29) is 11.9 Å². The fourth-order valence-electron chi connectivity index (χ4n) is 1.27. The third-order valence-corrected chi connectivity index (χ3v) is 2.19. The highest BCUT2D eigenvalue weighted by atomic mass is 79.9. The van der Waals surface area contributed by atoms with Crippen LogP contribution >= 0.6 is 15.9 Å². The number of aromatic nitrogens is 1. The van der Waals surface area contributed by atoms with E-state index in [9.17, 15) is 4.39 Å². The number of rotatable bonds is 4. The average molecular weight is 261 g/mol. The molecular formula is C10H14BrFN2. The molecule has 0 saturated heterocycles. The minimum absolute atomic E-state index is 0.203. The molecule has 1 rings (SSSR count). The molecule has 2 nitrogen and oxygen atoms in total. The summed E-state index contributed by atoms with van der Waals surface area (Å²) in [5.74, 6) is 0.0229. The van der Waals surface area contributed by atoms with Crippen molar-refractivity contribution in [1.29, 1.82) is 0 Å². The Morgan fingerprint density at radius 1 is 1.57 bits per heavy atom. The maximum absolute atomic E-state index is 13.2. The summed E-state index contributed by atoms with van der Waals surface area (Å²) in [6.07, 6.45) is 2.51. The largest absolute Gasteiger partial charge is 0.365 e. The molecule has 0 fully saturated rings. The molecule has 0 radical (unpaired) electrons. The van der Waals surface area contributed by atoms with Gasteiger partial charge in [0.25, 0.3) is 0 Å². The maximum atomic E-state index is 13.2. The second-order valence-electron chi connectivity index (χ2n) is 3.40. The first-order chi connectivity index (χ1) is 6.59. The molecule has 0 aliphatic rings. The molecule has 1 aromatic heterocycles. The number of halogens is 2. The number of nitrogens with one attached hydrogen (secondary N) is 1. The molecule has 1 N–H and O–H groups in total. The van der Waals surface area contributed by atoms with Gasteiger partial charge in [0.2, 0.25) is 0 Å². The summed E-state index contributed by atoms with van der Waals surface area (Å²) in [4.78, 5) is 4.34. The molecule has 0 bridgehead atoms. The Morgan fingerprint density at radius 3 is 2.86 bits per heavy atom. The normalized spacial score (nSPS) is 14.9. The van der Waals surface area contributed by atoms with Gasteiger partial charge in [-0.15, -0.1) is 0 Å². The average Bonchev–Trinajstić information content (AvgIpc) is 2.07. The molecule has 0 aliphatic carbocycles. The van der Waals surface area contributed by atoms with Crippen molar-refractivity contribution in [3.8, 4) is 0 Å². The second kappa shape index (κ2) is 5.29. The summed E-state index contributed by atoms with van der Waals surface area (Å²) < 4.78 is 13.2. The highest BCUT2D eigenvalue weighted by Gasteiger charge is 2.08. The summed E-state index contributed by atoms with van der Waals surface area (Å²) in [6, 6.07) is 3.19. The van der Waals surface area contributed by atoms with Gasteiger partial charge in [0.1, 0.15) is 0 Å². The highest BCUT2D eigenvalue weighted by molar-refractivity contribution is 9.09. The summed E-state index contributed by atoms with van der Waals surface area (Å²) in [6.45, 7) is 4.07. The fourth-order valence-corrected chi connectivity index (χ4v) is 1.83. The molecule has 2 atom stereocenters. The highest BCUT2D eigenvalue weighted by Crippen LogP contribution is 2.14. The van der Waals surface area contributed by atoms with Crippen LogP contribution in [0.2, 0.25) is 0 Å². The van der Waals surface area contributed by atoms with Crippen LogP contribution in [-0.2, 0) is 0 Å². The first-order valence-electron chi connectivity index (χ1n) is 4.60. The molecule has 1 heterocycles. The van der Waals surface area contributed by atoms with Gasteiger partial charge < -0.3 is 5.32 Å². The van der Waals surface area contributed by atoms with Gasteiger partial charge in [-0.2, -0.15) is 0 Å². The summed E-state index contributed by atoms with van der Waals surface area (Å²) in [5, 5.41) is 3.03. The Bertz CT molecular complexity index is 291. The molecule has 78 valence electrons. The third-order valence-electron chi connectivity index (χ3n) is 1.82. The smallest absolute Gasteiger partial charge is 0.165 e. The van der Waals surface area contributed by atoms with Gasteiger partial charge in [-0.3, -0.25) is 0 Å². The van der Waals surface area contributed by atoms with E-state index in [1.54, 1.807) is 12.3 Å². The van der Waals surface area contributed by atoms with Crippen LogP contribution in [0.4, 0.5) is 10.2 Å². The molecule has 0 aliphatic heterocycles. The van der Waals surface area contributed by atoms with Gasteiger partial charge in [-0.25, -0.2) is 9.37 Å². The number of pyridine rings is 1. The zero-order chi connectivity index (χ0) is 10.6. The van der Waals surface area contributed by atoms with Gasteiger partial charge in [0.05, 0.1) is 0 Å². The van der Waals surface area contributed by atoms with Crippen molar-refractivity contribution in [2.24, 2.45) is 0 Å². The van der Waals surface area contributed by atoms with Crippen LogP contribution in [0.3, 0.4) is 0 Å². The molecule has 4 heteroatoms. The Kier molecular flexibility index (Phi) is 4.32. The van der Waals surface area contributed by atoms with Gasteiger partial charge in [-0.1, -0.05) is 22.9 Å². The molecule has 14 heavy (non-hydrogen) atoms. The van der Waals surface area contributed by atoms with Gasteiger partial charge >= 0.3 is 0 Å². The van der Waals surface area contributed by atoms with E-state index in [0.29, 0.717) is 10.6 Å². The minimum Gasteiger partial charge on any atom is -0.365 e. The standard InChI is InChI=1S/C10H14BrFN2/c1-7(11)6-8(2)14-10-9(12)4-3-5-13-10/h3-5,7-8H,6H2,1-2H3,(H,13,14). The molecule has 0 aromatic carbocycles. The Balaban J connectivity index is 2.56. The van der Waals surface area contributed by atoms with Crippen LogP contribution in [-0.4, -0.2) is 15.9 Å². The predicted octanol–water partition coefficient (Wildman–Crippen LogP) is 3.19. The number of nitrogens with zero attached hydrogens (tertiary/aromatic N) is 1. The summed E-state index contributed by atoms with van der Waals surface area (Å²) in [7, 11) is 0. The first kappa shape index (κ1) is 11.4. The van der Waals surface area contributed by atoms with Crippen LogP contribution in [0, 0.1) is 5.82 Å². The Morgan fingerprint density at radius 2 is 2.29 bits per heavy atom. The number of hydrogen-bond acceptors (Lipinski definition) is 2. The van der Waals surface area contributed by atoms with E-state index in [0.717, 1.165) is 6.42 Å².